The lowest BCUT2D eigenvalue weighted by molar-refractivity contribution is -0.153. The number of ketones is 2. The monoisotopic (exact) mass is 318 g/mol. The van der Waals surface area contributed by atoms with Gasteiger partial charge in [0.05, 0.1) is 11.8 Å². The summed E-state index contributed by atoms with van der Waals surface area (Å²) in [7, 11) is 0. The Bertz CT molecular complexity index is 643. The number of hydrogen-bond acceptors (Lipinski definition) is 4. The zero-order valence-corrected chi connectivity index (χ0v) is 12.5. The second kappa shape index (κ2) is 5.76. The van der Waals surface area contributed by atoms with Crippen molar-refractivity contribution in [1.29, 1.82) is 0 Å². The van der Waals surface area contributed by atoms with Gasteiger partial charge in [-0.15, -0.1) is 0 Å². The lowest BCUT2D eigenvalue weighted by Crippen LogP contribution is -2.35. The van der Waals surface area contributed by atoms with Gasteiger partial charge in [-0.3, -0.25) is 19.2 Å². The highest BCUT2D eigenvalue weighted by Gasteiger charge is 2.46. The maximum atomic E-state index is 12.4. The van der Waals surface area contributed by atoms with Gasteiger partial charge in [0.25, 0.3) is 0 Å². The SMILES string of the molecule is O=C1CC=C2C(C1)CC(=O)C2C1C=CC(C(=O)O)C(C(=O)O)C1. The van der Waals surface area contributed by atoms with E-state index in [1.807, 2.05) is 6.08 Å². The molecule has 0 heterocycles. The quantitative estimate of drug-likeness (QED) is 0.763. The summed E-state index contributed by atoms with van der Waals surface area (Å²) in [4.78, 5) is 46.5. The van der Waals surface area contributed by atoms with Gasteiger partial charge in [0.2, 0.25) is 0 Å². The van der Waals surface area contributed by atoms with E-state index in [0.717, 1.165) is 5.57 Å². The molecule has 3 aliphatic carbocycles. The molecule has 6 nitrogen and oxygen atoms in total. The molecule has 5 atom stereocenters. The van der Waals surface area contributed by atoms with Crippen LogP contribution in [0.3, 0.4) is 0 Å². The molecule has 0 spiro atoms. The van der Waals surface area contributed by atoms with Crippen molar-refractivity contribution in [2.75, 3.05) is 0 Å². The first-order chi connectivity index (χ1) is 10.9. The predicted octanol–water partition coefficient (Wildman–Crippen LogP) is 1.46. The largest absolute Gasteiger partial charge is 0.481 e. The Balaban J connectivity index is 1.88. The fourth-order valence-electron chi connectivity index (χ4n) is 4.16. The summed E-state index contributed by atoms with van der Waals surface area (Å²) < 4.78 is 0. The fraction of sp³-hybridized carbons (Fsp3) is 0.529. The first-order valence-electron chi connectivity index (χ1n) is 7.76. The predicted molar refractivity (Wildman–Crippen MR) is 78.4 cm³/mol. The van der Waals surface area contributed by atoms with Crippen molar-refractivity contribution in [3.8, 4) is 0 Å². The standard InChI is InChI=1S/C17H18O6/c18-10-2-4-11-9(5-10)7-14(19)15(11)8-1-3-12(16(20)21)13(6-8)17(22)23/h1,3-4,8-9,12-13,15H,2,5-7H2,(H,20,21)(H,22,23). The smallest absolute Gasteiger partial charge is 0.311 e. The fourth-order valence-corrected chi connectivity index (χ4v) is 4.16. The zero-order valence-electron chi connectivity index (χ0n) is 12.5. The number of fused-ring (bicyclic) bond motifs is 1. The Morgan fingerprint density at radius 2 is 1.78 bits per heavy atom. The number of Topliss-reactive ketones (excluding diaryl/α,β-unsaturated/α-hetero) is 2. The molecule has 0 amide bonds. The van der Waals surface area contributed by atoms with Gasteiger partial charge >= 0.3 is 11.9 Å². The lowest BCUT2D eigenvalue weighted by Gasteiger charge is -2.31. The van der Waals surface area contributed by atoms with Crippen LogP contribution in [0, 0.1) is 29.6 Å². The normalized spacial score (nSPS) is 36.5. The molecule has 1 fully saturated rings. The van der Waals surface area contributed by atoms with Crippen molar-refractivity contribution in [2.24, 2.45) is 29.6 Å². The minimum atomic E-state index is -1.16. The molecule has 0 aromatic heterocycles. The molecule has 0 saturated heterocycles. The highest BCUT2D eigenvalue weighted by Crippen LogP contribution is 2.46. The van der Waals surface area contributed by atoms with Crippen molar-refractivity contribution in [1.82, 2.24) is 0 Å². The van der Waals surface area contributed by atoms with E-state index in [0.29, 0.717) is 19.3 Å². The molecule has 2 N–H and O–H groups in total. The molecule has 0 aromatic rings. The number of carboxylic acid groups (broad SMARTS) is 2. The second-order valence-corrected chi connectivity index (χ2v) is 6.59. The molecule has 122 valence electrons. The van der Waals surface area contributed by atoms with Crippen molar-refractivity contribution in [2.45, 2.75) is 25.7 Å². The molecule has 0 aromatic carbocycles. The van der Waals surface area contributed by atoms with Gasteiger partial charge in [-0.05, 0) is 18.3 Å². The summed E-state index contributed by atoms with van der Waals surface area (Å²) in [6.07, 6.45) is 6.07. The van der Waals surface area contributed by atoms with Crippen molar-refractivity contribution in [3.63, 3.8) is 0 Å². The van der Waals surface area contributed by atoms with Gasteiger partial charge in [0, 0.05) is 25.2 Å². The third kappa shape index (κ3) is 2.73. The number of allylic oxidation sites excluding steroid dienone is 3. The molecule has 0 radical (unpaired) electrons. The molecular weight excluding hydrogens is 300 g/mol. The van der Waals surface area contributed by atoms with E-state index in [9.17, 15) is 24.3 Å². The van der Waals surface area contributed by atoms with Crippen LogP contribution in [0.1, 0.15) is 25.7 Å². The van der Waals surface area contributed by atoms with Gasteiger partial charge in [0.15, 0.2) is 0 Å². The van der Waals surface area contributed by atoms with Crippen LogP contribution in [0.15, 0.2) is 23.8 Å². The molecule has 0 bridgehead atoms. The van der Waals surface area contributed by atoms with Gasteiger partial charge in [0.1, 0.15) is 11.6 Å². The average molecular weight is 318 g/mol. The van der Waals surface area contributed by atoms with Crippen molar-refractivity contribution >= 4 is 23.5 Å². The molecule has 3 rings (SSSR count). The molecule has 1 saturated carbocycles. The Labute approximate surface area is 132 Å². The van der Waals surface area contributed by atoms with E-state index in [1.165, 1.54) is 6.08 Å². The summed E-state index contributed by atoms with van der Waals surface area (Å²) in [5.41, 5.74) is 0.946. The van der Waals surface area contributed by atoms with Gasteiger partial charge in [-0.2, -0.15) is 0 Å². The molecule has 23 heavy (non-hydrogen) atoms. The van der Waals surface area contributed by atoms with E-state index < -0.39 is 29.7 Å². The van der Waals surface area contributed by atoms with Crippen LogP contribution in [-0.4, -0.2) is 33.7 Å². The molecule has 0 aliphatic heterocycles. The number of hydrogen-bond donors (Lipinski definition) is 2. The third-order valence-corrected chi connectivity index (χ3v) is 5.22. The first-order valence-corrected chi connectivity index (χ1v) is 7.76. The summed E-state index contributed by atoms with van der Waals surface area (Å²) in [5.74, 6) is -5.00. The number of carbonyl (C=O) groups excluding carboxylic acids is 2. The summed E-state index contributed by atoms with van der Waals surface area (Å²) in [6.45, 7) is 0. The van der Waals surface area contributed by atoms with Crippen LogP contribution in [0.4, 0.5) is 0 Å². The minimum Gasteiger partial charge on any atom is -0.481 e. The molecule has 5 unspecified atom stereocenters. The van der Waals surface area contributed by atoms with Gasteiger partial charge in [-0.1, -0.05) is 23.8 Å². The third-order valence-electron chi connectivity index (χ3n) is 5.22. The highest BCUT2D eigenvalue weighted by atomic mass is 16.4. The van der Waals surface area contributed by atoms with Crippen LogP contribution >= 0.6 is 0 Å². The molecule has 6 heteroatoms. The maximum Gasteiger partial charge on any atom is 0.311 e. The van der Waals surface area contributed by atoms with Gasteiger partial charge < -0.3 is 10.2 Å². The number of aliphatic carboxylic acids is 2. The summed E-state index contributed by atoms with van der Waals surface area (Å²) in [5, 5.41) is 18.5. The Morgan fingerprint density at radius 1 is 1.04 bits per heavy atom. The highest BCUT2D eigenvalue weighted by molar-refractivity contribution is 5.92. The van der Waals surface area contributed by atoms with Crippen LogP contribution in [-0.2, 0) is 19.2 Å². The van der Waals surface area contributed by atoms with E-state index >= 15 is 0 Å². The van der Waals surface area contributed by atoms with Crippen LogP contribution in [0.25, 0.3) is 0 Å². The first kappa shape index (κ1) is 15.6. The summed E-state index contributed by atoms with van der Waals surface area (Å²) >= 11 is 0. The Kier molecular flexibility index (Phi) is 3.92. The van der Waals surface area contributed by atoms with E-state index in [4.69, 9.17) is 5.11 Å². The zero-order chi connectivity index (χ0) is 16.7. The van der Waals surface area contributed by atoms with Crippen molar-refractivity contribution in [3.05, 3.63) is 23.8 Å². The molecule has 3 aliphatic rings. The van der Waals surface area contributed by atoms with Crippen LogP contribution in [0.5, 0.6) is 0 Å². The second-order valence-electron chi connectivity index (χ2n) is 6.59. The minimum absolute atomic E-state index is 0.0310. The Hall–Kier alpha value is -2.24. The van der Waals surface area contributed by atoms with E-state index in [-0.39, 0.29) is 29.8 Å². The van der Waals surface area contributed by atoms with Crippen molar-refractivity contribution < 1.29 is 29.4 Å². The average Bonchev–Trinajstić information content (AvgIpc) is 2.81. The van der Waals surface area contributed by atoms with E-state index in [2.05, 4.69) is 0 Å². The topological polar surface area (TPSA) is 109 Å². The van der Waals surface area contributed by atoms with E-state index in [1.54, 1.807) is 6.08 Å². The van der Waals surface area contributed by atoms with Crippen LogP contribution in [0.2, 0.25) is 0 Å². The lowest BCUT2D eigenvalue weighted by atomic mass is 9.71. The van der Waals surface area contributed by atoms with Gasteiger partial charge in [-0.25, -0.2) is 0 Å². The maximum absolute atomic E-state index is 12.4. The number of rotatable bonds is 3. The Morgan fingerprint density at radius 3 is 2.43 bits per heavy atom. The number of carboxylic acids is 2. The summed E-state index contributed by atoms with van der Waals surface area (Å²) in [6, 6.07) is 0. The number of carbonyl (C=O) groups is 4. The molecular formula is C17H18O6. The van der Waals surface area contributed by atoms with Crippen LogP contribution < -0.4 is 0 Å².